The average Bonchev–Trinajstić information content (AvgIpc) is 2.80. The van der Waals surface area contributed by atoms with Crippen molar-refractivity contribution in [1.29, 1.82) is 0 Å². The number of piperidine rings is 2. The Morgan fingerprint density at radius 3 is 2.62 bits per heavy atom. The second kappa shape index (κ2) is 8.90. The molecule has 6 nitrogen and oxygen atoms in total. The third-order valence-electron chi connectivity index (χ3n) is 6.79. The van der Waals surface area contributed by atoms with Gasteiger partial charge in [-0.1, -0.05) is 12.1 Å². The van der Waals surface area contributed by atoms with Crippen LogP contribution in [-0.2, 0) is 0 Å². The molecule has 0 saturated carbocycles. The van der Waals surface area contributed by atoms with E-state index in [4.69, 9.17) is 4.98 Å². The molecular formula is C25H30FN5O. The summed E-state index contributed by atoms with van der Waals surface area (Å²) in [4.78, 5) is 24.5. The van der Waals surface area contributed by atoms with Crippen molar-refractivity contribution in [3.63, 3.8) is 0 Å². The molecular weight excluding hydrogens is 405 g/mol. The molecule has 2 aromatic heterocycles. The van der Waals surface area contributed by atoms with Gasteiger partial charge in [0, 0.05) is 18.4 Å². The molecule has 32 heavy (non-hydrogen) atoms. The molecule has 2 aliphatic rings. The number of nitrogens with one attached hydrogen (secondary N) is 2. The van der Waals surface area contributed by atoms with E-state index < -0.39 is 6.17 Å². The summed E-state index contributed by atoms with van der Waals surface area (Å²) in [5, 5.41) is 4.67. The number of likely N-dealkylation sites (tertiary alicyclic amines) is 1. The number of anilines is 3. The van der Waals surface area contributed by atoms with E-state index in [9.17, 15) is 9.18 Å². The minimum absolute atomic E-state index is 0.186. The quantitative estimate of drug-likeness (QED) is 0.635. The van der Waals surface area contributed by atoms with Crippen molar-refractivity contribution in [2.45, 2.75) is 37.8 Å². The summed E-state index contributed by atoms with van der Waals surface area (Å²) in [7, 11) is 2.17. The van der Waals surface area contributed by atoms with Gasteiger partial charge in [0.25, 0.3) is 5.56 Å². The lowest BCUT2D eigenvalue weighted by atomic mass is 9.89. The predicted octanol–water partition coefficient (Wildman–Crippen LogP) is 4.41. The molecule has 168 valence electrons. The molecule has 1 unspecified atom stereocenters. The SMILES string of the molecule is CN1CCC(c2ccc(Nc3nc(N4CCCC(F)C4)cc4cc[nH]c(=O)c34)cc2)CC1. The predicted molar refractivity (Wildman–Crippen MR) is 128 cm³/mol. The van der Waals surface area contributed by atoms with Gasteiger partial charge in [-0.25, -0.2) is 9.37 Å². The normalized spacial score (nSPS) is 20.6. The summed E-state index contributed by atoms with van der Waals surface area (Å²) in [6.07, 6.45) is 4.55. The van der Waals surface area contributed by atoms with Gasteiger partial charge in [0.1, 0.15) is 17.8 Å². The maximum absolute atomic E-state index is 14.0. The van der Waals surface area contributed by atoms with Crippen molar-refractivity contribution in [1.82, 2.24) is 14.9 Å². The number of hydrogen-bond donors (Lipinski definition) is 2. The number of alkyl halides is 1. The number of benzene rings is 1. The van der Waals surface area contributed by atoms with Crippen molar-refractivity contribution >= 4 is 28.1 Å². The Morgan fingerprint density at radius 2 is 1.88 bits per heavy atom. The largest absolute Gasteiger partial charge is 0.354 e. The zero-order valence-electron chi connectivity index (χ0n) is 18.5. The van der Waals surface area contributed by atoms with Gasteiger partial charge in [0.15, 0.2) is 0 Å². The summed E-state index contributed by atoms with van der Waals surface area (Å²) in [6, 6.07) is 12.2. The van der Waals surface area contributed by atoms with Crippen LogP contribution in [0.4, 0.5) is 21.7 Å². The van der Waals surface area contributed by atoms with Crippen LogP contribution in [0.5, 0.6) is 0 Å². The monoisotopic (exact) mass is 435 g/mol. The number of H-pyrrole nitrogens is 1. The lowest BCUT2D eigenvalue weighted by Gasteiger charge is -2.30. The molecule has 2 aliphatic heterocycles. The number of nitrogens with zero attached hydrogens (tertiary/aromatic N) is 3. The molecule has 0 aliphatic carbocycles. The standard InChI is InChI=1S/C25H30FN5O/c1-30-13-9-18(10-14-30)17-4-6-21(7-5-17)28-24-23-19(8-11-27-25(23)32)15-22(29-24)31-12-2-3-20(26)16-31/h4-8,11,15,18,20H,2-3,9-10,12-14,16H2,1H3,(H,27,32)(H,28,29). The highest BCUT2D eigenvalue weighted by molar-refractivity contribution is 5.94. The summed E-state index contributed by atoms with van der Waals surface area (Å²) < 4.78 is 14.0. The Bertz CT molecular complexity index is 1140. The molecule has 7 heteroatoms. The summed E-state index contributed by atoms with van der Waals surface area (Å²) in [5.74, 6) is 1.81. The van der Waals surface area contributed by atoms with Gasteiger partial charge in [-0.05, 0) is 87.0 Å². The van der Waals surface area contributed by atoms with E-state index in [0.29, 0.717) is 35.9 Å². The van der Waals surface area contributed by atoms with Crippen LogP contribution in [0.3, 0.4) is 0 Å². The first-order valence-electron chi connectivity index (χ1n) is 11.5. The number of fused-ring (bicyclic) bond motifs is 1. The molecule has 0 radical (unpaired) electrons. The van der Waals surface area contributed by atoms with Crippen molar-refractivity contribution < 1.29 is 4.39 Å². The summed E-state index contributed by atoms with van der Waals surface area (Å²) >= 11 is 0. The molecule has 2 saturated heterocycles. The van der Waals surface area contributed by atoms with E-state index in [1.54, 1.807) is 6.20 Å². The van der Waals surface area contributed by atoms with Crippen LogP contribution in [0.1, 0.15) is 37.2 Å². The van der Waals surface area contributed by atoms with E-state index >= 15 is 0 Å². The number of halogens is 1. The lowest BCUT2D eigenvalue weighted by molar-refractivity contribution is 0.255. The summed E-state index contributed by atoms with van der Waals surface area (Å²) in [5.41, 5.74) is 2.06. The van der Waals surface area contributed by atoms with Gasteiger partial charge in [-0.15, -0.1) is 0 Å². The second-order valence-electron chi connectivity index (χ2n) is 9.11. The van der Waals surface area contributed by atoms with Crippen LogP contribution < -0.4 is 15.8 Å². The van der Waals surface area contributed by atoms with Gasteiger partial charge in [0.2, 0.25) is 0 Å². The molecule has 4 heterocycles. The maximum Gasteiger partial charge on any atom is 0.259 e. The Kier molecular flexibility index (Phi) is 5.83. The number of pyridine rings is 2. The van der Waals surface area contributed by atoms with E-state index in [1.807, 2.05) is 17.0 Å². The Morgan fingerprint density at radius 1 is 1.09 bits per heavy atom. The lowest BCUT2D eigenvalue weighted by Crippen LogP contribution is -2.37. The summed E-state index contributed by atoms with van der Waals surface area (Å²) in [6.45, 7) is 3.37. The Balaban J connectivity index is 1.44. The van der Waals surface area contributed by atoms with E-state index in [2.05, 4.69) is 46.5 Å². The molecule has 5 rings (SSSR count). The first-order chi connectivity index (χ1) is 15.6. The molecule has 2 fully saturated rings. The first kappa shape index (κ1) is 20.9. The van der Waals surface area contributed by atoms with Gasteiger partial charge in [-0.2, -0.15) is 0 Å². The second-order valence-corrected chi connectivity index (χ2v) is 9.11. The van der Waals surface area contributed by atoms with Crippen LogP contribution in [0, 0.1) is 0 Å². The van der Waals surface area contributed by atoms with Crippen molar-refractivity contribution in [3.05, 3.63) is 58.5 Å². The van der Waals surface area contributed by atoms with Gasteiger partial charge >= 0.3 is 0 Å². The molecule has 0 spiro atoms. The number of hydrogen-bond acceptors (Lipinski definition) is 5. The topological polar surface area (TPSA) is 64.3 Å². The Labute approximate surface area is 187 Å². The molecule has 0 bridgehead atoms. The maximum atomic E-state index is 14.0. The van der Waals surface area contributed by atoms with Crippen molar-refractivity contribution in [2.24, 2.45) is 0 Å². The molecule has 1 aromatic carbocycles. The van der Waals surface area contributed by atoms with Crippen LogP contribution in [0.15, 0.2) is 47.4 Å². The third-order valence-corrected chi connectivity index (χ3v) is 6.79. The van der Waals surface area contributed by atoms with Crippen LogP contribution in [0.25, 0.3) is 10.8 Å². The van der Waals surface area contributed by atoms with Crippen LogP contribution >= 0.6 is 0 Å². The van der Waals surface area contributed by atoms with Gasteiger partial charge in [0.05, 0.1) is 11.9 Å². The zero-order chi connectivity index (χ0) is 22.1. The zero-order valence-corrected chi connectivity index (χ0v) is 18.5. The third kappa shape index (κ3) is 4.35. The van der Waals surface area contributed by atoms with E-state index in [0.717, 1.165) is 37.1 Å². The highest BCUT2D eigenvalue weighted by atomic mass is 19.1. The van der Waals surface area contributed by atoms with Crippen molar-refractivity contribution in [2.75, 3.05) is 43.4 Å². The smallest absolute Gasteiger partial charge is 0.259 e. The fourth-order valence-corrected chi connectivity index (χ4v) is 4.90. The fraction of sp³-hybridized carbons (Fsp3) is 0.440. The first-order valence-corrected chi connectivity index (χ1v) is 11.5. The number of aromatic nitrogens is 2. The van der Waals surface area contributed by atoms with E-state index in [1.165, 1.54) is 18.4 Å². The van der Waals surface area contributed by atoms with Gasteiger partial charge in [-0.3, -0.25) is 4.79 Å². The molecule has 0 amide bonds. The molecule has 3 aromatic rings. The molecule has 1 atom stereocenters. The minimum Gasteiger partial charge on any atom is -0.354 e. The van der Waals surface area contributed by atoms with Crippen molar-refractivity contribution in [3.8, 4) is 0 Å². The highest BCUT2D eigenvalue weighted by Gasteiger charge is 2.22. The fourth-order valence-electron chi connectivity index (χ4n) is 4.90. The van der Waals surface area contributed by atoms with Crippen LogP contribution in [-0.4, -0.2) is 54.3 Å². The number of aromatic amines is 1. The highest BCUT2D eigenvalue weighted by Crippen LogP contribution is 2.31. The molecule has 2 N–H and O–H groups in total. The van der Waals surface area contributed by atoms with E-state index in [-0.39, 0.29) is 5.56 Å². The van der Waals surface area contributed by atoms with Crippen LogP contribution in [0.2, 0.25) is 0 Å². The minimum atomic E-state index is -0.844. The van der Waals surface area contributed by atoms with Gasteiger partial charge < -0.3 is 20.1 Å². The Hall–Kier alpha value is -2.93. The average molecular weight is 436 g/mol. The number of rotatable bonds is 4.